The van der Waals surface area contributed by atoms with E-state index in [1.165, 1.54) is 18.4 Å². The fourth-order valence-electron chi connectivity index (χ4n) is 2.89. The maximum absolute atomic E-state index is 11.6. The van der Waals surface area contributed by atoms with Crippen LogP contribution in [-0.2, 0) is 6.54 Å². The van der Waals surface area contributed by atoms with Crippen molar-refractivity contribution in [3.8, 4) is 0 Å². The first-order valence-corrected chi connectivity index (χ1v) is 8.10. The molecular weight excluding hydrogens is 262 g/mol. The first-order valence-electron chi connectivity index (χ1n) is 8.10. The van der Waals surface area contributed by atoms with Crippen molar-refractivity contribution in [1.82, 2.24) is 15.5 Å². The van der Waals surface area contributed by atoms with Crippen molar-refractivity contribution < 1.29 is 4.79 Å². The quantitative estimate of drug-likeness (QED) is 0.873. The van der Waals surface area contributed by atoms with E-state index >= 15 is 0 Å². The molecule has 0 spiro atoms. The molecule has 0 atom stereocenters. The van der Waals surface area contributed by atoms with Crippen LogP contribution in [0.2, 0.25) is 0 Å². The molecule has 0 unspecified atom stereocenters. The van der Waals surface area contributed by atoms with Crippen molar-refractivity contribution in [3.63, 3.8) is 0 Å². The molecule has 114 valence electrons. The zero-order chi connectivity index (χ0) is 14.5. The van der Waals surface area contributed by atoms with Crippen molar-refractivity contribution >= 4 is 6.03 Å². The van der Waals surface area contributed by atoms with Crippen LogP contribution in [0.3, 0.4) is 0 Å². The van der Waals surface area contributed by atoms with E-state index in [-0.39, 0.29) is 6.03 Å². The van der Waals surface area contributed by atoms with E-state index in [4.69, 9.17) is 0 Å². The monoisotopic (exact) mass is 287 g/mol. The highest BCUT2D eigenvalue weighted by Crippen LogP contribution is 2.19. The number of amides is 2. The van der Waals surface area contributed by atoms with E-state index in [9.17, 15) is 4.79 Å². The maximum atomic E-state index is 11.6. The van der Waals surface area contributed by atoms with E-state index < -0.39 is 0 Å². The second-order valence-corrected chi connectivity index (χ2v) is 6.33. The number of likely N-dealkylation sites (tertiary alicyclic amines) is 1. The van der Waals surface area contributed by atoms with Gasteiger partial charge in [-0.15, -0.1) is 0 Å². The number of benzene rings is 1. The van der Waals surface area contributed by atoms with Gasteiger partial charge in [-0.2, -0.15) is 0 Å². The number of carbonyl (C=O) groups excluding carboxylic acids is 1. The number of urea groups is 1. The van der Waals surface area contributed by atoms with E-state index in [1.807, 2.05) is 0 Å². The highest BCUT2D eigenvalue weighted by Gasteiger charge is 2.24. The van der Waals surface area contributed by atoms with E-state index in [0.717, 1.165) is 39.0 Å². The average molecular weight is 287 g/mol. The number of hydrogen-bond acceptors (Lipinski definition) is 2. The van der Waals surface area contributed by atoms with Crippen molar-refractivity contribution in [1.29, 1.82) is 0 Å². The van der Waals surface area contributed by atoms with E-state index in [2.05, 4.69) is 45.9 Å². The minimum atomic E-state index is 0.0178. The lowest BCUT2D eigenvalue weighted by atomic mass is 9.96. The van der Waals surface area contributed by atoms with Crippen molar-refractivity contribution in [2.75, 3.05) is 19.6 Å². The lowest BCUT2D eigenvalue weighted by Crippen LogP contribution is -2.42. The van der Waals surface area contributed by atoms with Crippen LogP contribution in [0, 0.1) is 5.92 Å². The van der Waals surface area contributed by atoms with Gasteiger partial charge in [0.15, 0.2) is 0 Å². The Hall–Kier alpha value is -1.55. The van der Waals surface area contributed by atoms with Gasteiger partial charge in [-0.05, 0) is 50.3 Å². The van der Waals surface area contributed by atoms with Crippen LogP contribution in [0.15, 0.2) is 30.3 Å². The molecule has 1 aromatic rings. The second kappa shape index (κ2) is 6.94. The van der Waals surface area contributed by atoms with Crippen LogP contribution in [0.1, 0.15) is 31.2 Å². The van der Waals surface area contributed by atoms with Gasteiger partial charge in [0.2, 0.25) is 0 Å². The van der Waals surface area contributed by atoms with Gasteiger partial charge in [0.1, 0.15) is 0 Å². The Morgan fingerprint density at radius 1 is 1.10 bits per heavy atom. The molecule has 2 fully saturated rings. The Kier molecular flexibility index (Phi) is 4.76. The lowest BCUT2D eigenvalue weighted by molar-refractivity contribution is 0.175. The fourth-order valence-corrected chi connectivity index (χ4v) is 2.89. The Bertz CT molecular complexity index is 450. The number of nitrogens with zero attached hydrogens (tertiary/aromatic N) is 1. The zero-order valence-corrected chi connectivity index (χ0v) is 12.6. The summed E-state index contributed by atoms with van der Waals surface area (Å²) in [5.74, 6) is 0.627. The summed E-state index contributed by atoms with van der Waals surface area (Å²) in [5.41, 5.74) is 1.39. The van der Waals surface area contributed by atoms with Crippen LogP contribution >= 0.6 is 0 Å². The summed E-state index contributed by atoms with van der Waals surface area (Å²) in [4.78, 5) is 14.1. The maximum Gasteiger partial charge on any atom is 0.315 e. The molecule has 1 saturated carbocycles. The summed E-state index contributed by atoms with van der Waals surface area (Å²) >= 11 is 0. The molecule has 1 aliphatic carbocycles. The number of carbonyl (C=O) groups is 1. The van der Waals surface area contributed by atoms with Crippen LogP contribution in [0.4, 0.5) is 4.79 Å². The number of rotatable bonds is 5. The molecule has 4 nitrogen and oxygen atoms in total. The normalized spacial score (nSPS) is 20.2. The summed E-state index contributed by atoms with van der Waals surface area (Å²) in [6.07, 6.45) is 4.64. The predicted molar refractivity (Wildman–Crippen MR) is 84.0 cm³/mol. The van der Waals surface area contributed by atoms with Gasteiger partial charge in [0, 0.05) is 19.1 Å². The first kappa shape index (κ1) is 14.4. The molecule has 0 aromatic heterocycles. The molecule has 1 heterocycles. The first-order chi connectivity index (χ1) is 10.3. The summed E-state index contributed by atoms with van der Waals surface area (Å²) in [5, 5.41) is 5.99. The highest BCUT2D eigenvalue weighted by molar-refractivity contribution is 5.74. The van der Waals surface area contributed by atoms with Crippen LogP contribution < -0.4 is 10.6 Å². The highest BCUT2D eigenvalue weighted by atomic mass is 16.2. The predicted octanol–water partition coefficient (Wildman–Crippen LogP) is 2.36. The Balaban J connectivity index is 1.33. The number of nitrogens with one attached hydrogen (secondary N) is 2. The summed E-state index contributed by atoms with van der Waals surface area (Å²) in [7, 11) is 0. The number of piperidine rings is 1. The SMILES string of the molecule is O=C(NCC1CCN(Cc2ccccc2)CC1)NC1CC1. The molecule has 0 bridgehead atoms. The lowest BCUT2D eigenvalue weighted by Gasteiger charge is -2.32. The van der Waals surface area contributed by atoms with Gasteiger partial charge in [0.05, 0.1) is 0 Å². The molecule has 3 rings (SSSR count). The summed E-state index contributed by atoms with van der Waals surface area (Å²) in [6.45, 7) is 4.12. The molecule has 1 saturated heterocycles. The molecule has 2 aliphatic rings. The van der Waals surface area contributed by atoms with Crippen molar-refractivity contribution in [3.05, 3.63) is 35.9 Å². The molecule has 21 heavy (non-hydrogen) atoms. The Labute approximate surface area is 126 Å². The Morgan fingerprint density at radius 2 is 1.81 bits per heavy atom. The molecule has 2 N–H and O–H groups in total. The number of hydrogen-bond donors (Lipinski definition) is 2. The smallest absolute Gasteiger partial charge is 0.315 e. The summed E-state index contributed by atoms with van der Waals surface area (Å²) in [6, 6.07) is 11.1. The Morgan fingerprint density at radius 3 is 2.48 bits per heavy atom. The topological polar surface area (TPSA) is 44.4 Å². The zero-order valence-electron chi connectivity index (χ0n) is 12.6. The molecule has 0 radical (unpaired) electrons. The van der Waals surface area contributed by atoms with Crippen LogP contribution in [0.5, 0.6) is 0 Å². The third-order valence-electron chi connectivity index (χ3n) is 4.42. The molecule has 1 aliphatic heterocycles. The molecule has 2 amide bonds. The van der Waals surface area contributed by atoms with Gasteiger partial charge < -0.3 is 10.6 Å². The standard InChI is InChI=1S/C17H25N3O/c21-17(19-16-6-7-16)18-12-14-8-10-20(11-9-14)13-15-4-2-1-3-5-15/h1-5,14,16H,6-13H2,(H2,18,19,21). The molecule has 1 aromatic carbocycles. The third kappa shape index (κ3) is 4.74. The van der Waals surface area contributed by atoms with Crippen LogP contribution in [0.25, 0.3) is 0 Å². The van der Waals surface area contributed by atoms with Crippen molar-refractivity contribution in [2.24, 2.45) is 5.92 Å². The van der Waals surface area contributed by atoms with E-state index in [1.54, 1.807) is 0 Å². The van der Waals surface area contributed by atoms with Gasteiger partial charge in [0.25, 0.3) is 0 Å². The third-order valence-corrected chi connectivity index (χ3v) is 4.42. The van der Waals surface area contributed by atoms with Crippen molar-refractivity contribution in [2.45, 2.75) is 38.3 Å². The van der Waals surface area contributed by atoms with E-state index in [0.29, 0.717) is 12.0 Å². The fraction of sp³-hybridized carbons (Fsp3) is 0.588. The van der Waals surface area contributed by atoms with Gasteiger partial charge >= 0.3 is 6.03 Å². The molecule has 4 heteroatoms. The summed E-state index contributed by atoms with van der Waals surface area (Å²) < 4.78 is 0. The largest absolute Gasteiger partial charge is 0.338 e. The van der Waals surface area contributed by atoms with Gasteiger partial charge in [-0.3, -0.25) is 4.90 Å². The molecular formula is C17H25N3O. The van der Waals surface area contributed by atoms with Crippen LogP contribution in [-0.4, -0.2) is 36.6 Å². The minimum absolute atomic E-state index is 0.0178. The van der Waals surface area contributed by atoms with Gasteiger partial charge in [-0.25, -0.2) is 4.79 Å². The average Bonchev–Trinajstić information content (AvgIpc) is 3.32. The second-order valence-electron chi connectivity index (χ2n) is 6.33. The van der Waals surface area contributed by atoms with Gasteiger partial charge in [-0.1, -0.05) is 30.3 Å². The minimum Gasteiger partial charge on any atom is -0.338 e.